The van der Waals surface area contributed by atoms with Crippen LogP contribution in [-0.4, -0.2) is 48.3 Å². The first kappa shape index (κ1) is 21.1. The topological polar surface area (TPSA) is 74.4 Å². The molecule has 1 amide bonds. The number of aromatic nitrogens is 1. The van der Waals surface area contributed by atoms with Gasteiger partial charge in [-0.1, -0.05) is 33.8 Å². The van der Waals surface area contributed by atoms with Gasteiger partial charge in [-0.15, -0.1) is 0 Å². The van der Waals surface area contributed by atoms with Gasteiger partial charge in [-0.3, -0.25) is 9.59 Å². The number of amides is 1. The standard InChI is InChI=1S/C25H29N3O3/c1-5-28(6-2)11-12-31-17-8-10-18-20(14-17)25(3,4)24-22(23(18)30)19-9-7-16(26-15-29)13-21(19)27-24/h7-10,13-15,27H,5-6,11-12H2,1-4H3,(H,26,29). The van der Waals surface area contributed by atoms with E-state index in [1.54, 1.807) is 0 Å². The number of H-pyrrole nitrogens is 1. The fraction of sp³-hybridized carbons (Fsp3) is 0.360. The van der Waals surface area contributed by atoms with Crippen LogP contribution < -0.4 is 10.1 Å². The lowest BCUT2D eigenvalue weighted by Crippen LogP contribution is -2.30. The number of carbonyl (C=O) groups excluding carboxylic acids is 2. The van der Waals surface area contributed by atoms with Crippen molar-refractivity contribution in [2.24, 2.45) is 0 Å². The lowest BCUT2D eigenvalue weighted by Gasteiger charge is -2.32. The molecule has 1 aliphatic carbocycles. The molecule has 2 aromatic carbocycles. The van der Waals surface area contributed by atoms with Gasteiger partial charge in [0, 0.05) is 39.8 Å². The first-order valence-corrected chi connectivity index (χ1v) is 10.8. The molecule has 1 heterocycles. The third-order valence-electron chi connectivity index (χ3n) is 6.36. The van der Waals surface area contributed by atoms with E-state index < -0.39 is 5.41 Å². The molecule has 0 fully saturated rings. The van der Waals surface area contributed by atoms with Crippen molar-refractivity contribution in [1.82, 2.24) is 9.88 Å². The minimum atomic E-state index is -0.395. The third-order valence-corrected chi connectivity index (χ3v) is 6.36. The third kappa shape index (κ3) is 3.61. The van der Waals surface area contributed by atoms with Crippen molar-refractivity contribution in [2.45, 2.75) is 33.1 Å². The van der Waals surface area contributed by atoms with Crippen molar-refractivity contribution in [3.8, 4) is 5.75 Å². The van der Waals surface area contributed by atoms with Crippen LogP contribution >= 0.6 is 0 Å². The molecule has 2 N–H and O–H groups in total. The molecule has 0 radical (unpaired) electrons. The van der Waals surface area contributed by atoms with E-state index in [1.165, 1.54) is 0 Å². The van der Waals surface area contributed by atoms with E-state index in [-0.39, 0.29) is 5.78 Å². The Balaban J connectivity index is 1.70. The quantitative estimate of drug-likeness (QED) is 0.533. The molecule has 162 valence electrons. The highest BCUT2D eigenvalue weighted by molar-refractivity contribution is 6.20. The van der Waals surface area contributed by atoms with Crippen LogP contribution in [0.3, 0.4) is 0 Å². The minimum absolute atomic E-state index is 0.0152. The van der Waals surface area contributed by atoms with Gasteiger partial charge in [-0.25, -0.2) is 0 Å². The summed E-state index contributed by atoms with van der Waals surface area (Å²) in [5, 5.41) is 3.54. The summed E-state index contributed by atoms with van der Waals surface area (Å²) in [5.74, 6) is 0.796. The van der Waals surface area contributed by atoms with Gasteiger partial charge in [0.1, 0.15) is 12.4 Å². The normalized spacial score (nSPS) is 14.4. The van der Waals surface area contributed by atoms with Gasteiger partial charge in [0.05, 0.1) is 5.56 Å². The Kier molecular flexibility index (Phi) is 5.58. The Labute approximate surface area is 182 Å². The predicted molar refractivity (Wildman–Crippen MR) is 123 cm³/mol. The molecule has 1 aliphatic rings. The van der Waals surface area contributed by atoms with Crippen LogP contribution in [0.2, 0.25) is 0 Å². The summed E-state index contributed by atoms with van der Waals surface area (Å²) in [6, 6.07) is 11.3. The fourth-order valence-corrected chi connectivity index (χ4v) is 4.49. The van der Waals surface area contributed by atoms with E-state index in [0.717, 1.165) is 47.5 Å². The molecule has 6 heteroatoms. The molecule has 0 saturated heterocycles. The molecule has 4 rings (SSSR count). The van der Waals surface area contributed by atoms with Crippen molar-refractivity contribution in [3.05, 3.63) is 58.8 Å². The molecule has 0 aliphatic heterocycles. The Morgan fingerprint density at radius 3 is 2.61 bits per heavy atom. The smallest absolute Gasteiger partial charge is 0.211 e. The number of hydrogen-bond donors (Lipinski definition) is 2. The maximum atomic E-state index is 13.4. The van der Waals surface area contributed by atoms with Crippen LogP contribution in [0.5, 0.6) is 5.75 Å². The SMILES string of the molecule is CCN(CC)CCOc1ccc2c(c1)C(C)(C)c1[nH]c3cc(NC=O)ccc3c1C2=O. The van der Waals surface area contributed by atoms with E-state index in [4.69, 9.17) is 4.74 Å². The van der Waals surface area contributed by atoms with E-state index in [2.05, 4.69) is 42.9 Å². The van der Waals surface area contributed by atoms with Crippen molar-refractivity contribution in [2.75, 3.05) is 31.6 Å². The number of anilines is 1. The van der Waals surface area contributed by atoms with E-state index in [9.17, 15) is 9.59 Å². The van der Waals surface area contributed by atoms with Gasteiger partial charge in [0.2, 0.25) is 6.41 Å². The molecule has 0 bridgehead atoms. The Hall–Kier alpha value is -3.12. The van der Waals surface area contributed by atoms with E-state index >= 15 is 0 Å². The Morgan fingerprint density at radius 2 is 1.90 bits per heavy atom. The number of aromatic amines is 1. The number of ketones is 1. The van der Waals surface area contributed by atoms with Gasteiger partial charge in [-0.2, -0.15) is 0 Å². The predicted octanol–water partition coefficient (Wildman–Crippen LogP) is 4.33. The highest BCUT2D eigenvalue weighted by atomic mass is 16.5. The lowest BCUT2D eigenvalue weighted by atomic mass is 9.71. The summed E-state index contributed by atoms with van der Waals surface area (Å²) in [4.78, 5) is 30.0. The van der Waals surface area contributed by atoms with Crippen LogP contribution in [-0.2, 0) is 10.2 Å². The van der Waals surface area contributed by atoms with Gasteiger partial charge >= 0.3 is 0 Å². The lowest BCUT2D eigenvalue weighted by molar-refractivity contribution is -0.105. The number of benzene rings is 2. The molecule has 6 nitrogen and oxygen atoms in total. The van der Waals surface area contributed by atoms with Crippen LogP contribution in [0.25, 0.3) is 10.9 Å². The molecular formula is C25H29N3O3. The van der Waals surface area contributed by atoms with Crippen molar-refractivity contribution in [1.29, 1.82) is 0 Å². The monoisotopic (exact) mass is 419 g/mol. The van der Waals surface area contributed by atoms with Gasteiger partial charge in [0.25, 0.3) is 0 Å². The number of nitrogens with one attached hydrogen (secondary N) is 2. The minimum Gasteiger partial charge on any atom is -0.492 e. The molecule has 0 atom stereocenters. The van der Waals surface area contributed by atoms with Crippen LogP contribution in [0.4, 0.5) is 5.69 Å². The summed E-state index contributed by atoms with van der Waals surface area (Å²) >= 11 is 0. The van der Waals surface area contributed by atoms with E-state index in [1.807, 2.05) is 36.4 Å². The zero-order chi connectivity index (χ0) is 22.2. The van der Waals surface area contributed by atoms with Crippen molar-refractivity contribution >= 4 is 28.8 Å². The van der Waals surface area contributed by atoms with Crippen molar-refractivity contribution in [3.63, 3.8) is 0 Å². The zero-order valence-corrected chi connectivity index (χ0v) is 18.5. The molecule has 0 unspecified atom stereocenters. The Bertz CT molecular complexity index is 1140. The second-order valence-corrected chi connectivity index (χ2v) is 8.43. The van der Waals surface area contributed by atoms with Crippen molar-refractivity contribution < 1.29 is 14.3 Å². The summed E-state index contributed by atoms with van der Waals surface area (Å²) in [5.41, 5.74) is 4.40. The first-order valence-electron chi connectivity index (χ1n) is 10.8. The summed E-state index contributed by atoms with van der Waals surface area (Å²) in [7, 11) is 0. The molecular weight excluding hydrogens is 390 g/mol. The molecule has 31 heavy (non-hydrogen) atoms. The average Bonchev–Trinajstić information content (AvgIpc) is 3.16. The van der Waals surface area contributed by atoms with Crippen LogP contribution in [0.15, 0.2) is 36.4 Å². The summed E-state index contributed by atoms with van der Waals surface area (Å²) in [6.07, 6.45) is 0.650. The number of nitrogens with zero attached hydrogens (tertiary/aromatic N) is 1. The maximum Gasteiger partial charge on any atom is 0.211 e. The van der Waals surface area contributed by atoms with Gasteiger partial charge in [0.15, 0.2) is 5.78 Å². The molecule has 3 aromatic rings. The summed E-state index contributed by atoms with van der Waals surface area (Å²) < 4.78 is 6.02. The highest BCUT2D eigenvalue weighted by Gasteiger charge is 2.39. The average molecular weight is 420 g/mol. The zero-order valence-electron chi connectivity index (χ0n) is 18.5. The number of ether oxygens (including phenoxy) is 1. The highest BCUT2D eigenvalue weighted by Crippen LogP contribution is 2.44. The number of hydrogen-bond acceptors (Lipinski definition) is 4. The largest absolute Gasteiger partial charge is 0.492 e. The van der Waals surface area contributed by atoms with Crippen LogP contribution in [0.1, 0.15) is 54.9 Å². The van der Waals surface area contributed by atoms with E-state index in [0.29, 0.717) is 29.8 Å². The van der Waals surface area contributed by atoms with Gasteiger partial charge in [-0.05, 0) is 49.0 Å². The fourth-order valence-electron chi connectivity index (χ4n) is 4.49. The number of carbonyl (C=O) groups is 2. The number of likely N-dealkylation sites (N-methyl/N-ethyl adjacent to an activating group) is 1. The second-order valence-electron chi connectivity index (χ2n) is 8.43. The first-order chi connectivity index (χ1) is 14.9. The molecule has 0 saturated carbocycles. The maximum absolute atomic E-state index is 13.4. The van der Waals surface area contributed by atoms with Crippen LogP contribution in [0, 0.1) is 0 Å². The Morgan fingerprint density at radius 1 is 1.13 bits per heavy atom. The number of rotatable bonds is 8. The second kappa shape index (κ2) is 8.19. The molecule has 0 spiro atoms. The summed E-state index contributed by atoms with van der Waals surface area (Å²) in [6.45, 7) is 12.0. The number of fused-ring (bicyclic) bond motifs is 4. The molecule has 1 aromatic heterocycles. The van der Waals surface area contributed by atoms with Gasteiger partial charge < -0.3 is 19.9 Å².